The molecule has 2 nitrogen and oxygen atoms in total. The van der Waals surface area contributed by atoms with Crippen LogP contribution in [-0.4, -0.2) is 24.9 Å². The van der Waals surface area contributed by atoms with Gasteiger partial charge in [-0.25, -0.2) is 0 Å². The minimum atomic E-state index is 0.393. The zero-order valence-electron chi connectivity index (χ0n) is 9.93. The summed E-state index contributed by atoms with van der Waals surface area (Å²) < 4.78 is 11.3. The minimum Gasteiger partial charge on any atom is -0.359 e. The van der Waals surface area contributed by atoms with Crippen molar-refractivity contribution in [3.63, 3.8) is 0 Å². The summed E-state index contributed by atoms with van der Waals surface area (Å²) in [5.41, 5.74) is 1.55. The average molecular weight is 326 g/mol. The molecule has 0 fully saturated rings. The van der Waals surface area contributed by atoms with Crippen LogP contribution in [0, 0.1) is 0 Å². The van der Waals surface area contributed by atoms with Crippen molar-refractivity contribution < 1.29 is 9.47 Å². The number of hydrogen-bond donors (Lipinski definition) is 0. The Balaban J connectivity index is 3.74. The second-order valence-corrected chi connectivity index (χ2v) is 4.61. The van der Waals surface area contributed by atoms with Crippen LogP contribution in [-0.2, 0) is 9.47 Å². The maximum absolute atomic E-state index is 5.27. The molecule has 3 heteroatoms. The highest BCUT2D eigenvalue weighted by atomic mass is 127. The molecule has 0 rings (SSSR count). The molecule has 0 radical (unpaired) electrons. The Labute approximate surface area is 108 Å². The largest absolute Gasteiger partial charge is 0.359 e. The molecule has 0 aliphatic heterocycles. The maximum atomic E-state index is 5.27. The summed E-state index contributed by atoms with van der Waals surface area (Å²) in [4.78, 5) is 0. The highest BCUT2D eigenvalue weighted by Crippen LogP contribution is 2.14. The molecule has 0 aromatic heterocycles. The third kappa shape index (κ3) is 10.7. The van der Waals surface area contributed by atoms with E-state index in [0.717, 1.165) is 0 Å². The lowest BCUT2D eigenvalue weighted by Gasteiger charge is -2.06. The van der Waals surface area contributed by atoms with Crippen LogP contribution in [0.2, 0.25) is 0 Å². The quantitative estimate of drug-likeness (QED) is 0.199. The molecule has 0 unspecified atom stereocenters. The fraction of sp³-hybridized carbons (Fsp3) is 0.833. The second kappa shape index (κ2) is 12.5. The predicted octanol–water partition coefficient (Wildman–Crippen LogP) is 3.94. The van der Waals surface area contributed by atoms with Crippen molar-refractivity contribution in [2.45, 2.75) is 39.0 Å². The molecule has 0 aromatic carbocycles. The van der Waals surface area contributed by atoms with Gasteiger partial charge in [-0.1, -0.05) is 47.6 Å². The van der Waals surface area contributed by atoms with Gasteiger partial charge in [0.15, 0.2) is 0 Å². The monoisotopic (exact) mass is 326 g/mol. The average Bonchev–Trinajstić information content (AvgIpc) is 2.27. The summed E-state index contributed by atoms with van der Waals surface area (Å²) in [6, 6.07) is 0. The van der Waals surface area contributed by atoms with Crippen molar-refractivity contribution in [1.82, 2.24) is 0 Å². The lowest BCUT2D eigenvalue weighted by Crippen LogP contribution is -1.97. The fourth-order valence-electron chi connectivity index (χ4n) is 1.34. The first kappa shape index (κ1) is 15.4. The molecule has 0 bridgehead atoms. The van der Waals surface area contributed by atoms with E-state index in [-0.39, 0.29) is 0 Å². The summed E-state index contributed by atoms with van der Waals surface area (Å²) in [7, 11) is 1.65. The molecule has 0 saturated carbocycles. The van der Waals surface area contributed by atoms with Crippen molar-refractivity contribution in [3.8, 4) is 0 Å². The first-order valence-corrected chi connectivity index (χ1v) is 7.18. The van der Waals surface area contributed by atoms with E-state index in [2.05, 4.69) is 35.6 Å². The van der Waals surface area contributed by atoms with Crippen LogP contribution in [0.25, 0.3) is 0 Å². The van der Waals surface area contributed by atoms with Crippen LogP contribution in [0.3, 0.4) is 0 Å². The molecule has 0 amide bonds. The lowest BCUT2D eigenvalue weighted by atomic mass is 10.0. The third-order valence-corrected chi connectivity index (χ3v) is 2.94. The summed E-state index contributed by atoms with van der Waals surface area (Å²) in [5, 5.41) is 0. The Bertz CT molecular complexity index is 148. The molecular formula is C12H23IO2. The Morgan fingerprint density at radius 3 is 2.60 bits per heavy atom. The van der Waals surface area contributed by atoms with Gasteiger partial charge in [0.2, 0.25) is 0 Å². The van der Waals surface area contributed by atoms with Gasteiger partial charge in [0.25, 0.3) is 0 Å². The molecule has 0 atom stereocenters. The zero-order chi connectivity index (χ0) is 11.4. The van der Waals surface area contributed by atoms with Gasteiger partial charge in [-0.3, -0.25) is 0 Å². The van der Waals surface area contributed by atoms with E-state index >= 15 is 0 Å². The molecule has 0 aliphatic carbocycles. The fourth-order valence-corrected chi connectivity index (χ4v) is 1.72. The summed E-state index contributed by atoms with van der Waals surface area (Å²) in [6.07, 6.45) is 8.50. The van der Waals surface area contributed by atoms with Crippen molar-refractivity contribution in [3.05, 3.63) is 11.6 Å². The number of methoxy groups -OCH3 is 1. The standard InChI is InChI=1S/C12H23IO2/c1-3-4-6-12(7-5-9-13)8-10-15-11-14-2/h8H,3-7,9-11H2,1-2H3/b12-8+. The summed E-state index contributed by atoms with van der Waals surface area (Å²) >= 11 is 2.43. The predicted molar refractivity (Wildman–Crippen MR) is 73.6 cm³/mol. The molecular weight excluding hydrogens is 303 g/mol. The van der Waals surface area contributed by atoms with Gasteiger partial charge in [0.05, 0.1) is 6.61 Å². The van der Waals surface area contributed by atoms with E-state index in [1.54, 1.807) is 12.7 Å². The van der Waals surface area contributed by atoms with E-state index < -0.39 is 0 Å². The van der Waals surface area contributed by atoms with Crippen LogP contribution in [0.4, 0.5) is 0 Å². The molecule has 0 heterocycles. The first-order valence-electron chi connectivity index (χ1n) is 5.65. The topological polar surface area (TPSA) is 18.5 Å². The maximum Gasteiger partial charge on any atom is 0.146 e. The van der Waals surface area contributed by atoms with Crippen molar-refractivity contribution in [2.24, 2.45) is 0 Å². The number of hydrogen-bond acceptors (Lipinski definition) is 2. The SMILES string of the molecule is CCCC/C(=C\COCOC)CCCI. The van der Waals surface area contributed by atoms with E-state index in [1.165, 1.54) is 36.5 Å². The molecule has 15 heavy (non-hydrogen) atoms. The number of ether oxygens (including phenoxy) is 2. The van der Waals surface area contributed by atoms with E-state index in [0.29, 0.717) is 13.4 Å². The molecule has 0 saturated heterocycles. The first-order chi connectivity index (χ1) is 7.35. The molecule has 0 spiro atoms. The Morgan fingerprint density at radius 1 is 1.27 bits per heavy atom. The van der Waals surface area contributed by atoms with E-state index in [1.807, 2.05) is 0 Å². The van der Waals surface area contributed by atoms with E-state index in [4.69, 9.17) is 9.47 Å². The van der Waals surface area contributed by atoms with Crippen molar-refractivity contribution in [2.75, 3.05) is 24.9 Å². The van der Waals surface area contributed by atoms with Crippen LogP contribution in [0.1, 0.15) is 39.0 Å². The Kier molecular flexibility index (Phi) is 12.8. The van der Waals surface area contributed by atoms with Crippen LogP contribution >= 0.6 is 22.6 Å². The van der Waals surface area contributed by atoms with Gasteiger partial charge in [0.1, 0.15) is 6.79 Å². The third-order valence-electron chi connectivity index (χ3n) is 2.17. The lowest BCUT2D eigenvalue weighted by molar-refractivity contribution is -0.0188. The van der Waals surface area contributed by atoms with Gasteiger partial charge in [0, 0.05) is 7.11 Å². The normalized spacial score (nSPS) is 12.1. The summed E-state index contributed by atoms with van der Waals surface area (Å²) in [6.45, 7) is 3.31. The highest BCUT2D eigenvalue weighted by molar-refractivity contribution is 14.1. The Hall–Kier alpha value is 0.390. The van der Waals surface area contributed by atoms with Crippen LogP contribution in [0.5, 0.6) is 0 Å². The molecule has 0 aromatic rings. The van der Waals surface area contributed by atoms with E-state index in [9.17, 15) is 0 Å². The minimum absolute atomic E-state index is 0.393. The zero-order valence-corrected chi connectivity index (χ0v) is 12.1. The van der Waals surface area contributed by atoms with Crippen LogP contribution in [0.15, 0.2) is 11.6 Å². The number of allylic oxidation sites excluding steroid dienone is 1. The van der Waals surface area contributed by atoms with Gasteiger partial charge in [-0.05, 0) is 30.1 Å². The number of rotatable bonds is 10. The number of halogens is 1. The summed E-state index contributed by atoms with van der Waals surface area (Å²) in [5.74, 6) is 0. The van der Waals surface area contributed by atoms with Crippen molar-refractivity contribution in [1.29, 1.82) is 0 Å². The van der Waals surface area contributed by atoms with Gasteiger partial charge >= 0.3 is 0 Å². The number of alkyl halides is 1. The second-order valence-electron chi connectivity index (χ2n) is 3.54. The highest BCUT2D eigenvalue weighted by Gasteiger charge is 1.97. The molecule has 0 N–H and O–H groups in total. The molecule has 90 valence electrons. The van der Waals surface area contributed by atoms with Gasteiger partial charge < -0.3 is 9.47 Å². The molecule has 0 aliphatic rings. The number of unbranched alkanes of at least 4 members (excludes halogenated alkanes) is 1. The van der Waals surface area contributed by atoms with Crippen molar-refractivity contribution >= 4 is 22.6 Å². The smallest absolute Gasteiger partial charge is 0.146 e. The van der Waals surface area contributed by atoms with Gasteiger partial charge in [-0.2, -0.15) is 0 Å². The van der Waals surface area contributed by atoms with Gasteiger partial charge in [-0.15, -0.1) is 0 Å². The van der Waals surface area contributed by atoms with Crippen LogP contribution < -0.4 is 0 Å². The Morgan fingerprint density at radius 2 is 2.00 bits per heavy atom.